The van der Waals surface area contributed by atoms with Gasteiger partial charge in [0.2, 0.25) is 0 Å². The van der Waals surface area contributed by atoms with Crippen molar-refractivity contribution in [3.63, 3.8) is 0 Å². The van der Waals surface area contributed by atoms with Gasteiger partial charge in [-0.1, -0.05) is 11.8 Å². The second-order valence-corrected chi connectivity index (χ2v) is 9.13. The van der Waals surface area contributed by atoms with Crippen LogP contribution in [0.2, 0.25) is 0 Å². The number of morpholine rings is 1. The van der Waals surface area contributed by atoms with Gasteiger partial charge in [-0.15, -0.1) is 11.3 Å². The monoisotopic (exact) mass is 395 g/mol. The summed E-state index contributed by atoms with van der Waals surface area (Å²) in [4.78, 5) is 15.5. The number of hydrogen-bond donors (Lipinski definition) is 3. The Morgan fingerprint density at radius 3 is 2.88 bits per heavy atom. The van der Waals surface area contributed by atoms with Crippen molar-refractivity contribution >= 4 is 39.1 Å². The molecule has 0 radical (unpaired) electrons. The van der Waals surface area contributed by atoms with Crippen molar-refractivity contribution in [1.29, 1.82) is 0 Å². The quantitative estimate of drug-likeness (QED) is 0.356. The Balaban J connectivity index is 1.49. The highest BCUT2D eigenvalue weighted by Gasteiger charge is 2.25. The van der Waals surface area contributed by atoms with Gasteiger partial charge in [0.05, 0.1) is 43.6 Å². The average molecular weight is 396 g/mol. The molecule has 4 rings (SSSR count). The van der Waals surface area contributed by atoms with Crippen molar-refractivity contribution in [1.82, 2.24) is 9.97 Å². The molecule has 2 aromatic rings. The molecule has 2 aromatic heterocycles. The molecule has 0 saturated carbocycles. The highest BCUT2D eigenvalue weighted by atomic mass is 32.2. The lowest BCUT2D eigenvalue weighted by atomic mass is 10.1. The van der Waals surface area contributed by atoms with E-state index in [0.29, 0.717) is 0 Å². The second-order valence-electron chi connectivity index (χ2n) is 7.27. The van der Waals surface area contributed by atoms with E-state index < -0.39 is 0 Å². The summed E-state index contributed by atoms with van der Waals surface area (Å²) >= 11 is 3.49. The molecule has 0 aliphatic carbocycles. The van der Waals surface area contributed by atoms with Crippen molar-refractivity contribution in [2.24, 2.45) is 0 Å². The SMILES string of the molecule is CSc1nc(NCCC[NH+]2CCOCC2)c2c3c(sc2n1)C[NH+](C)CC3. The van der Waals surface area contributed by atoms with E-state index in [9.17, 15) is 0 Å². The van der Waals surface area contributed by atoms with Crippen molar-refractivity contribution in [2.45, 2.75) is 24.5 Å². The first kappa shape index (κ1) is 18.4. The standard InChI is InChI=1S/C18H27N5OS2/c1-22-7-4-13-14(12-22)26-17-15(13)16(20-18(21-17)25-2)19-5-3-6-23-8-10-24-11-9-23/h3-12H2,1-2H3,(H,19,20,21)/p+2. The van der Waals surface area contributed by atoms with Gasteiger partial charge in [0.1, 0.15) is 30.3 Å². The van der Waals surface area contributed by atoms with Crippen LogP contribution in [0.4, 0.5) is 5.82 Å². The molecule has 1 atom stereocenters. The summed E-state index contributed by atoms with van der Waals surface area (Å²) in [6.45, 7) is 8.59. The molecule has 1 fully saturated rings. The number of likely N-dealkylation sites (N-methyl/N-ethyl adjacent to an activating group) is 1. The number of quaternary nitrogens is 2. The first-order valence-electron chi connectivity index (χ1n) is 9.57. The van der Waals surface area contributed by atoms with Crippen LogP contribution >= 0.6 is 23.1 Å². The maximum atomic E-state index is 5.44. The zero-order valence-corrected chi connectivity index (χ0v) is 17.3. The normalized spacial score (nSPS) is 21.1. The van der Waals surface area contributed by atoms with E-state index >= 15 is 0 Å². The van der Waals surface area contributed by atoms with E-state index in [1.807, 2.05) is 11.3 Å². The number of fused-ring (bicyclic) bond motifs is 3. The highest BCUT2D eigenvalue weighted by molar-refractivity contribution is 7.98. The smallest absolute Gasteiger partial charge is 0.190 e. The van der Waals surface area contributed by atoms with Crippen LogP contribution in [0, 0.1) is 0 Å². The van der Waals surface area contributed by atoms with Crippen LogP contribution in [-0.4, -0.2) is 69.2 Å². The number of nitrogens with one attached hydrogen (secondary N) is 3. The van der Waals surface area contributed by atoms with E-state index in [4.69, 9.17) is 14.7 Å². The minimum atomic E-state index is 0.873. The molecule has 4 heterocycles. The molecule has 26 heavy (non-hydrogen) atoms. The summed E-state index contributed by atoms with van der Waals surface area (Å²) in [6, 6.07) is 0. The number of ether oxygens (including phenoxy) is 1. The fraction of sp³-hybridized carbons (Fsp3) is 0.667. The van der Waals surface area contributed by atoms with E-state index in [1.165, 1.54) is 28.9 Å². The van der Waals surface area contributed by atoms with Gasteiger partial charge < -0.3 is 19.9 Å². The van der Waals surface area contributed by atoms with E-state index in [2.05, 4.69) is 18.6 Å². The number of aromatic nitrogens is 2. The van der Waals surface area contributed by atoms with E-state index in [-0.39, 0.29) is 0 Å². The molecule has 1 unspecified atom stereocenters. The van der Waals surface area contributed by atoms with Gasteiger partial charge in [-0.2, -0.15) is 0 Å². The van der Waals surface area contributed by atoms with Crippen LogP contribution in [0.15, 0.2) is 5.16 Å². The number of hydrogen-bond acceptors (Lipinski definition) is 6. The molecule has 3 N–H and O–H groups in total. The maximum Gasteiger partial charge on any atom is 0.190 e. The number of rotatable bonds is 6. The molecule has 0 bridgehead atoms. The third-order valence-corrected chi connectivity index (χ3v) is 7.03. The lowest BCUT2D eigenvalue weighted by Gasteiger charge is -2.23. The Kier molecular flexibility index (Phi) is 5.95. The van der Waals surface area contributed by atoms with Crippen molar-refractivity contribution in [3.8, 4) is 0 Å². The number of anilines is 1. The fourth-order valence-corrected chi connectivity index (χ4v) is 5.62. The van der Waals surface area contributed by atoms with Crippen LogP contribution in [0.1, 0.15) is 16.9 Å². The fourth-order valence-electron chi connectivity index (χ4n) is 3.87. The Morgan fingerprint density at radius 2 is 2.08 bits per heavy atom. The van der Waals surface area contributed by atoms with Gasteiger partial charge in [-0.25, -0.2) is 9.97 Å². The minimum Gasteiger partial charge on any atom is -0.370 e. The Labute approximate surface area is 163 Å². The predicted octanol–water partition coefficient (Wildman–Crippen LogP) is -0.299. The predicted molar refractivity (Wildman–Crippen MR) is 108 cm³/mol. The van der Waals surface area contributed by atoms with Gasteiger partial charge >= 0.3 is 0 Å². The highest BCUT2D eigenvalue weighted by Crippen LogP contribution is 2.36. The van der Waals surface area contributed by atoms with Gasteiger partial charge in [0.15, 0.2) is 5.16 Å². The minimum absolute atomic E-state index is 0.873. The molecular weight excluding hydrogens is 366 g/mol. The first-order valence-corrected chi connectivity index (χ1v) is 11.6. The lowest BCUT2D eigenvalue weighted by molar-refractivity contribution is -0.908. The largest absolute Gasteiger partial charge is 0.370 e. The van der Waals surface area contributed by atoms with Crippen LogP contribution in [0.5, 0.6) is 0 Å². The van der Waals surface area contributed by atoms with Crippen molar-refractivity contribution < 1.29 is 14.5 Å². The number of thiophene rings is 1. The van der Waals surface area contributed by atoms with Crippen molar-refractivity contribution in [2.75, 3.05) is 64.6 Å². The molecule has 0 spiro atoms. The van der Waals surface area contributed by atoms with Crippen molar-refractivity contribution in [3.05, 3.63) is 10.4 Å². The van der Waals surface area contributed by atoms with Gasteiger partial charge in [0, 0.05) is 19.4 Å². The molecule has 2 aliphatic heterocycles. The van der Waals surface area contributed by atoms with Crippen LogP contribution in [-0.2, 0) is 17.7 Å². The zero-order chi connectivity index (χ0) is 17.9. The summed E-state index contributed by atoms with van der Waals surface area (Å²) in [5.74, 6) is 1.05. The van der Waals surface area contributed by atoms with E-state index in [0.717, 1.165) is 68.0 Å². The summed E-state index contributed by atoms with van der Waals surface area (Å²) in [5.41, 5.74) is 1.49. The third kappa shape index (κ3) is 3.99. The molecule has 1 saturated heterocycles. The number of nitrogens with zero attached hydrogens (tertiary/aromatic N) is 2. The first-order chi connectivity index (χ1) is 12.7. The molecule has 2 aliphatic rings. The van der Waals surface area contributed by atoms with Gasteiger partial charge in [0.25, 0.3) is 0 Å². The molecule has 6 nitrogen and oxygen atoms in total. The lowest BCUT2D eigenvalue weighted by Crippen LogP contribution is -3.14. The van der Waals surface area contributed by atoms with Crippen LogP contribution in [0.3, 0.4) is 0 Å². The molecule has 8 heteroatoms. The third-order valence-electron chi connectivity index (χ3n) is 5.36. The molecule has 142 valence electrons. The van der Waals surface area contributed by atoms with Crippen LogP contribution in [0.25, 0.3) is 10.2 Å². The van der Waals surface area contributed by atoms with Gasteiger partial charge in [-0.3, -0.25) is 0 Å². The summed E-state index contributed by atoms with van der Waals surface area (Å²) < 4.78 is 5.44. The summed E-state index contributed by atoms with van der Waals surface area (Å²) in [6.07, 6.45) is 4.35. The summed E-state index contributed by atoms with van der Waals surface area (Å²) in [7, 11) is 2.28. The zero-order valence-electron chi connectivity index (χ0n) is 15.7. The maximum absolute atomic E-state index is 5.44. The summed E-state index contributed by atoms with van der Waals surface area (Å²) in [5, 5.41) is 5.80. The second kappa shape index (κ2) is 8.39. The van der Waals surface area contributed by atoms with Gasteiger partial charge in [-0.05, 0) is 11.8 Å². The Morgan fingerprint density at radius 1 is 1.23 bits per heavy atom. The molecule has 0 aromatic carbocycles. The molecule has 0 amide bonds. The van der Waals surface area contributed by atoms with Crippen LogP contribution < -0.4 is 15.1 Å². The Bertz CT molecular complexity index is 760. The topological polar surface area (TPSA) is 55.9 Å². The Hall–Kier alpha value is -0.930. The number of thioether (sulfide) groups is 1. The van der Waals surface area contributed by atoms with E-state index in [1.54, 1.807) is 21.6 Å². The molecular formula is C18H29N5OS2+2. The average Bonchev–Trinajstić information content (AvgIpc) is 3.03.